The molecule has 0 aliphatic carbocycles. The summed E-state index contributed by atoms with van der Waals surface area (Å²) in [5, 5.41) is 26.9. The van der Waals surface area contributed by atoms with Gasteiger partial charge in [0.05, 0.1) is 11.0 Å². The van der Waals surface area contributed by atoms with Gasteiger partial charge in [-0.1, -0.05) is 13.8 Å². The van der Waals surface area contributed by atoms with E-state index in [0.29, 0.717) is 17.2 Å². The fourth-order valence-electron chi connectivity index (χ4n) is 1.68. The standard InChI is InChI=1S/C12H15N5O3/c1-6(2)10(13)12-14-11(15-16-12)7-3-4-9(18)8(5-7)17(19)20/h3-6,10,18H,13H2,1-2H3,(H,14,15,16)/t10-/m1/s1. The topological polar surface area (TPSA) is 131 Å². The molecule has 0 bridgehead atoms. The van der Waals surface area contributed by atoms with Crippen LogP contribution in [0.2, 0.25) is 0 Å². The first-order valence-corrected chi connectivity index (χ1v) is 6.05. The molecule has 8 heteroatoms. The molecule has 0 saturated carbocycles. The van der Waals surface area contributed by atoms with Gasteiger partial charge >= 0.3 is 5.69 Å². The summed E-state index contributed by atoms with van der Waals surface area (Å²) in [6.07, 6.45) is 0. The van der Waals surface area contributed by atoms with Crippen LogP contribution in [0.4, 0.5) is 5.69 Å². The Morgan fingerprint density at radius 2 is 2.15 bits per heavy atom. The number of aromatic amines is 1. The fraction of sp³-hybridized carbons (Fsp3) is 0.333. The molecule has 1 aromatic carbocycles. The highest BCUT2D eigenvalue weighted by molar-refractivity contribution is 5.63. The number of rotatable bonds is 4. The lowest BCUT2D eigenvalue weighted by atomic mass is 10.1. The van der Waals surface area contributed by atoms with Crippen molar-refractivity contribution in [2.75, 3.05) is 0 Å². The zero-order valence-corrected chi connectivity index (χ0v) is 11.1. The van der Waals surface area contributed by atoms with E-state index in [1.165, 1.54) is 18.2 Å². The Labute approximate surface area is 114 Å². The van der Waals surface area contributed by atoms with Crippen LogP contribution in [0.5, 0.6) is 5.75 Å². The molecule has 1 heterocycles. The Hall–Kier alpha value is -2.48. The van der Waals surface area contributed by atoms with Crippen LogP contribution in [0.25, 0.3) is 11.4 Å². The van der Waals surface area contributed by atoms with Gasteiger partial charge in [-0.05, 0) is 18.1 Å². The van der Waals surface area contributed by atoms with Gasteiger partial charge in [-0.2, -0.15) is 5.10 Å². The number of hydrogen-bond acceptors (Lipinski definition) is 6. The average Bonchev–Trinajstić information content (AvgIpc) is 2.87. The zero-order valence-electron chi connectivity index (χ0n) is 11.1. The van der Waals surface area contributed by atoms with Crippen molar-refractivity contribution in [3.05, 3.63) is 34.1 Å². The first-order valence-electron chi connectivity index (χ1n) is 6.05. The molecule has 2 aromatic rings. The van der Waals surface area contributed by atoms with Gasteiger partial charge in [-0.25, -0.2) is 4.98 Å². The van der Waals surface area contributed by atoms with Crippen molar-refractivity contribution in [3.8, 4) is 17.1 Å². The molecule has 2 rings (SSSR count). The average molecular weight is 277 g/mol. The normalized spacial score (nSPS) is 12.6. The van der Waals surface area contributed by atoms with Crippen molar-refractivity contribution in [1.82, 2.24) is 15.2 Å². The zero-order chi connectivity index (χ0) is 14.9. The van der Waals surface area contributed by atoms with Gasteiger partial charge in [0.1, 0.15) is 5.82 Å². The summed E-state index contributed by atoms with van der Waals surface area (Å²) in [6.45, 7) is 3.91. The Morgan fingerprint density at radius 1 is 1.45 bits per heavy atom. The van der Waals surface area contributed by atoms with Crippen molar-refractivity contribution >= 4 is 5.69 Å². The molecule has 106 valence electrons. The van der Waals surface area contributed by atoms with Crippen molar-refractivity contribution in [1.29, 1.82) is 0 Å². The third-order valence-electron chi connectivity index (χ3n) is 2.97. The van der Waals surface area contributed by atoms with E-state index in [2.05, 4.69) is 15.2 Å². The maximum atomic E-state index is 10.8. The highest BCUT2D eigenvalue weighted by atomic mass is 16.6. The molecular weight excluding hydrogens is 262 g/mol. The summed E-state index contributed by atoms with van der Waals surface area (Å²) in [6, 6.07) is 3.69. The monoisotopic (exact) mass is 277 g/mol. The lowest BCUT2D eigenvalue weighted by Crippen LogP contribution is -2.18. The molecule has 4 N–H and O–H groups in total. The molecule has 8 nitrogen and oxygen atoms in total. The molecule has 0 unspecified atom stereocenters. The number of phenolic OH excluding ortho intramolecular Hbond substituents is 1. The Kier molecular flexibility index (Phi) is 3.66. The minimum Gasteiger partial charge on any atom is -0.502 e. The second kappa shape index (κ2) is 5.25. The Bertz CT molecular complexity index is 638. The summed E-state index contributed by atoms with van der Waals surface area (Å²) in [5.41, 5.74) is 6.00. The molecule has 0 spiro atoms. The Balaban J connectivity index is 2.38. The molecule has 1 atom stereocenters. The van der Waals surface area contributed by atoms with Crippen molar-refractivity contribution in [2.45, 2.75) is 19.9 Å². The molecule has 20 heavy (non-hydrogen) atoms. The first kappa shape index (κ1) is 13.9. The van der Waals surface area contributed by atoms with Crippen LogP contribution in [0.3, 0.4) is 0 Å². The smallest absolute Gasteiger partial charge is 0.311 e. The van der Waals surface area contributed by atoms with E-state index >= 15 is 0 Å². The minimum atomic E-state index is -0.660. The lowest BCUT2D eigenvalue weighted by Gasteiger charge is -2.11. The molecule has 0 saturated heterocycles. The first-order chi connectivity index (χ1) is 9.40. The van der Waals surface area contributed by atoms with E-state index in [-0.39, 0.29) is 17.6 Å². The number of aromatic hydroxyl groups is 1. The number of phenols is 1. The van der Waals surface area contributed by atoms with Gasteiger partial charge in [-0.3, -0.25) is 15.2 Å². The van der Waals surface area contributed by atoms with Crippen molar-refractivity contribution in [2.24, 2.45) is 11.7 Å². The highest BCUT2D eigenvalue weighted by Gasteiger charge is 2.19. The predicted molar refractivity (Wildman–Crippen MR) is 71.9 cm³/mol. The van der Waals surface area contributed by atoms with Crippen molar-refractivity contribution in [3.63, 3.8) is 0 Å². The van der Waals surface area contributed by atoms with Crippen molar-refractivity contribution < 1.29 is 10.0 Å². The molecule has 0 aliphatic heterocycles. The predicted octanol–water partition coefficient (Wildman–Crippen LogP) is 1.74. The maximum absolute atomic E-state index is 10.8. The number of nitrogens with two attached hydrogens (primary N) is 1. The SMILES string of the molecule is CC(C)[C@@H](N)c1nc(-c2ccc(O)c([N+](=O)[O-])c2)n[nH]1. The Morgan fingerprint density at radius 3 is 2.75 bits per heavy atom. The number of nitrogens with zero attached hydrogens (tertiary/aromatic N) is 3. The van der Waals surface area contributed by atoms with Crippen LogP contribution in [0, 0.1) is 16.0 Å². The summed E-state index contributed by atoms with van der Waals surface area (Å²) in [5.74, 6) is 0.614. The number of nitrogens with one attached hydrogen (secondary N) is 1. The summed E-state index contributed by atoms with van der Waals surface area (Å²) >= 11 is 0. The summed E-state index contributed by atoms with van der Waals surface area (Å²) in [4.78, 5) is 14.4. The molecule has 0 amide bonds. The van der Waals surface area contributed by atoms with E-state index in [0.717, 1.165) is 0 Å². The molecule has 0 fully saturated rings. The third-order valence-corrected chi connectivity index (χ3v) is 2.97. The number of hydrogen-bond donors (Lipinski definition) is 3. The lowest BCUT2D eigenvalue weighted by molar-refractivity contribution is -0.385. The van der Waals surface area contributed by atoms with E-state index in [9.17, 15) is 15.2 Å². The van der Waals surface area contributed by atoms with Gasteiger partial charge < -0.3 is 10.8 Å². The van der Waals surface area contributed by atoms with E-state index in [4.69, 9.17) is 5.73 Å². The highest BCUT2D eigenvalue weighted by Crippen LogP contribution is 2.30. The van der Waals surface area contributed by atoms with Crippen LogP contribution in [0.1, 0.15) is 25.7 Å². The number of aromatic nitrogens is 3. The van der Waals surface area contributed by atoms with E-state index in [1.54, 1.807) is 0 Å². The number of H-pyrrole nitrogens is 1. The third kappa shape index (κ3) is 2.59. The summed E-state index contributed by atoms with van der Waals surface area (Å²) < 4.78 is 0. The van der Waals surface area contributed by atoms with E-state index in [1.807, 2.05) is 13.8 Å². The van der Waals surface area contributed by atoms with E-state index < -0.39 is 10.7 Å². The second-order valence-corrected chi connectivity index (χ2v) is 4.77. The molecular formula is C12H15N5O3. The quantitative estimate of drug-likeness (QED) is 0.576. The second-order valence-electron chi connectivity index (χ2n) is 4.77. The van der Waals surface area contributed by atoms with Gasteiger partial charge in [0, 0.05) is 11.6 Å². The van der Waals surface area contributed by atoms with Gasteiger partial charge in [0.15, 0.2) is 11.6 Å². The fourth-order valence-corrected chi connectivity index (χ4v) is 1.68. The van der Waals surface area contributed by atoms with Crippen LogP contribution >= 0.6 is 0 Å². The number of nitro benzene ring substituents is 1. The molecule has 0 radical (unpaired) electrons. The molecule has 1 aromatic heterocycles. The van der Waals surface area contributed by atoms with Crippen LogP contribution < -0.4 is 5.73 Å². The van der Waals surface area contributed by atoms with Gasteiger partial charge in [-0.15, -0.1) is 0 Å². The van der Waals surface area contributed by atoms with Crippen LogP contribution in [-0.4, -0.2) is 25.2 Å². The summed E-state index contributed by atoms with van der Waals surface area (Å²) in [7, 11) is 0. The number of nitro groups is 1. The van der Waals surface area contributed by atoms with Crippen LogP contribution in [0.15, 0.2) is 18.2 Å². The number of benzene rings is 1. The largest absolute Gasteiger partial charge is 0.502 e. The van der Waals surface area contributed by atoms with Crippen LogP contribution in [-0.2, 0) is 0 Å². The van der Waals surface area contributed by atoms with Gasteiger partial charge in [0.2, 0.25) is 0 Å². The maximum Gasteiger partial charge on any atom is 0.311 e. The minimum absolute atomic E-state index is 0.185. The van der Waals surface area contributed by atoms with Gasteiger partial charge in [0.25, 0.3) is 0 Å². The molecule has 0 aliphatic rings.